The molecule has 6 nitrogen and oxygen atoms in total. The van der Waals surface area contributed by atoms with E-state index in [1.54, 1.807) is 29.2 Å². The Labute approximate surface area is 156 Å². The molecule has 27 heavy (non-hydrogen) atoms. The highest BCUT2D eigenvalue weighted by atomic mass is 32.2. The number of amides is 1. The van der Waals surface area contributed by atoms with E-state index in [1.165, 1.54) is 25.1 Å². The lowest BCUT2D eigenvalue weighted by Gasteiger charge is -2.18. The molecule has 0 bridgehead atoms. The van der Waals surface area contributed by atoms with Gasteiger partial charge < -0.3 is 4.90 Å². The number of sulfonamides is 1. The first-order valence-corrected chi connectivity index (χ1v) is 10.1. The van der Waals surface area contributed by atoms with Crippen LogP contribution in [0.3, 0.4) is 0 Å². The number of nitrogens with zero attached hydrogens (tertiary/aromatic N) is 2. The Hall–Kier alpha value is -2.74. The minimum absolute atomic E-state index is 0.0922. The largest absolute Gasteiger partial charge is 0.339 e. The van der Waals surface area contributed by atoms with Crippen molar-refractivity contribution in [1.29, 1.82) is 0 Å². The standard InChI is InChI=1S/C19H18FN3O3S/c1-12(24)23-9-8-17(15-7-6-14(20)10-13(15)11-23)21-19-16-4-2-3-5-18(16)27(25,26)22-19/h2-7,10,17H,8-9,11H2,1H3,(H,21,22). The van der Waals surface area contributed by atoms with Crippen molar-refractivity contribution in [3.63, 3.8) is 0 Å². The van der Waals surface area contributed by atoms with E-state index in [-0.39, 0.29) is 28.5 Å². The molecule has 0 spiro atoms. The molecule has 2 aliphatic heterocycles. The minimum Gasteiger partial charge on any atom is -0.339 e. The molecule has 140 valence electrons. The maximum absolute atomic E-state index is 13.8. The highest BCUT2D eigenvalue weighted by molar-refractivity contribution is 7.90. The quantitative estimate of drug-likeness (QED) is 0.816. The van der Waals surface area contributed by atoms with Crippen molar-refractivity contribution in [2.45, 2.75) is 30.8 Å². The molecule has 2 aromatic carbocycles. The molecule has 0 saturated carbocycles. The Bertz CT molecular complexity index is 1070. The second-order valence-electron chi connectivity index (χ2n) is 6.67. The van der Waals surface area contributed by atoms with Gasteiger partial charge in [-0.2, -0.15) is 0 Å². The lowest BCUT2D eigenvalue weighted by molar-refractivity contribution is -0.129. The second-order valence-corrected chi connectivity index (χ2v) is 8.32. The summed E-state index contributed by atoms with van der Waals surface area (Å²) in [5.74, 6) is -0.190. The van der Waals surface area contributed by atoms with Gasteiger partial charge >= 0.3 is 0 Å². The van der Waals surface area contributed by atoms with Gasteiger partial charge in [-0.15, -0.1) is 0 Å². The van der Waals surface area contributed by atoms with Crippen LogP contribution in [0.2, 0.25) is 0 Å². The zero-order chi connectivity index (χ0) is 19.2. The molecule has 2 aromatic rings. The van der Waals surface area contributed by atoms with Gasteiger partial charge in [-0.25, -0.2) is 12.8 Å². The Balaban J connectivity index is 1.79. The smallest absolute Gasteiger partial charge is 0.263 e. The first-order valence-electron chi connectivity index (χ1n) is 8.59. The van der Waals surface area contributed by atoms with E-state index >= 15 is 0 Å². The number of fused-ring (bicyclic) bond motifs is 2. The topological polar surface area (TPSA) is 78.8 Å². The normalized spacial score (nSPS) is 21.9. The van der Waals surface area contributed by atoms with E-state index in [0.29, 0.717) is 30.6 Å². The number of nitrogens with one attached hydrogen (secondary N) is 1. The molecule has 0 fully saturated rings. The Morgan fingerprint density at radius 1 is 1.26 bits per heavy atom. The zero-order valence-electron chi connectivity index (χ0n) is 14.6. The summed E-state index contributed by atoms with van der Waals surface area (Å²) in [6.07, 6.45) is 0.519. The van der Waals surface area contributed by atoms with Gasteiger partial charge in [0.1, 0.15) is 11.7 Å². The van der Waals surface area contributed by atoms with Crippen LogP contribution < -0.4 is 4.72 Å². The van der Waals surface area contributed by atoms with Gasteiger partial charge in [-0.05, 0) is 41.8 Å². The van der Waals surface area contributed by atoms with Gasteiger partial charge in [-0.1, -0.05) is 18.2 Å². The van der Waals surface area contributed by atoms with Crippen LogP contribution in [0.4, 0.5) is 4.39 Å². The third-order valence-corrected chi connectivity index (χ3v) is 6.29. The average Bonchev–Trinajstić information content (AvgIpc) is 2.76. The summed E-state index contributed by atoms with van der Waals surface area (Å²) in [7, 11) is -3.63. The van der Waals surface area contributed by atoms with Crippen LogP contribution in [0.1, 0.15) is 36.1 Å². The van der Waals surface area contributed by atoms with E-state index in [9.17, 15) is 17.6 Å². The first-order chi connectivity index (χ1) is 12.8. The Morgan fingerprint density at radius 3 is 2.81 bits per heavy atom. The summed E-state index contributed by atoms with van der Waals surface area (Å²) >= 11 is 0. The van der Waals surface area contributed by atoms with Gasteiger partial charge in [0, 0.05) is 25.6 Å². The fraction of sp³-hybridized carbons (Fsp3) is 0.263. The van der Waals surface area contributed by atoms with Crippen molar-refractivity contribution in [2.75, 3.05) is 6.54 Å². The maximum atomic E-state index is 13.8. The van der Waals surface area contributed by atoms with Crippen molar-refractivity contribution < 1.29 is 17.6 Å². The van der Waals surface area contributed by atoms with Gasteiger partial charge in [0.15, 0.2) is 0 Å². The SMILES string of the molecule is CC(=O)N1CCC(N=C2NS(=O)(=O)c3ccccc32)c2ccc(F)cc2C1. The molecule has 4 rings (SSSR count). The molecule has 0 saturated heterocycles. The summed E-state index contributed by atoms with van der Waals surface area (Å²) in [6.45, 7) is 2.25. The molecule has 8 heteroatoms. The molecular formula is C19H18FN3O3S. The van der Waals surface area contributed by atoms with Gasteiger partial charge in [0.2, 0.25) is 5.91 Å². The summed E-state index contributed by atoms with van der Waals surface area (Å²) in [6, 6.07) is 10.7. The molecule has 1 atom stereocenters. The van der Waals surface area contributed by atoms with Crippen molar-refractivity contribution in [3.8, 4) is 0 Å². The number of benzene rings is 2. The minimum atomic E-state index is -3.63. The third kappa shape index (κ3) is 3.21. The predicted molar refractivity (Wildman–Crippen MR) is 98.1 cm³/mol. The zero-order valence-corrected chi connectivity index (χ0v) is 15.5. The van der Waals surface area contributed by atoms with Crippen LogP contribution in [-0.2, 0) is 21.4 Å². The monoisotopic (exact) mass is 387 g/mol. The number of carbonyl (C=O) groups excluding carboxylic acids is 1. The number of halogens is 1. The molecule has 2 aliphatic rings. The Morgan fingerprint density at radius 2 is 2.04 bits per heavy atom. The molecule has 2 heterocycles. The summed E-state index contributed by atoms with van der Waals surface area (Å²) < 4.78 is 40.9. The average molecular weight is 387 g/mol. The predicted octanol–water partition coefficient (Wildman–Crippen LogP) is 2.36. The Kier molecular flexibility index (Phi) is 4.22. The van der Waals surface area contributed by atoms with Crippen molar-refractivity contribution in [1.82, 2.24) is 9.62 Å². The lowest BCUT2D eigenvalue weighted by atomic mass is 9.99. The molecule has 0 aliphatic carbocycles. The molecule has 1 N–H and O–H groups in total. The van der Waals surface area contributed by atoms with Crippen LogP contribution in [0.15, 0.2) is 52.4 Å². The molecule has 0 aromatic heterocycles. The number of rotatable bonds is 1. The number of carbonyl (C=O) groups is 1. The van der Waals surface area contributed by atoms with E-state index in [4.69, 9.17) is 0 Å². The number of amidine groups is 1. The lowest BCUT2D eigenvalue weighted by Crippen LogP contribution is -2.28. The van der Waals surface area contributed by atoms with Gasteiger partial charge in [-0.3, -0.25) is 14.5 Å². The molecule has 1 unspecified atom stereocenters. The molecule has 1 amide bonds. The van der Waals surface area contributed by atoms with E-state index in [0.717, 1.165) is 5.56 Å². The highest BCUT2D eigenvalue weighted by Gasteiger charge is 2.32. The van der Waals surface area contributed by atoms with Crippen molar-refractivity contribution >= 4 is 21.8 Å². The van der Waals surface area contributed by atoms with Crippen LogP contribution in [0.5, 0.6) is 0 Å². The molecular weight excluding hydrogens is 369 g/mol. The highest BCUT2D eigenvalue weighted by Crippen LogP contribution is 2.32. The number of aliphatic imine (C=N–C) groups is 1. The number of hydrogen-bond donors (Lipinski definition) is 1. The van der Waals surface area contributed by atoms with Crippen molar-refractivity contribution in [2.24, 2.45) is 4.99 Å². The van der Waals surface area contributed by atoms with E-state index < -0.39 is 10.0 Å². The molecule has 0 radical (unpaired) electrons. The fourth-order valence-corrected chi connectivity index (χ4v) is 4.78. The van der Waals surface area contributed by atoms with Gasteiger partial charge in [0.25, 0.3) is 10.0 Å². The summed E-state index contributed by atoms with van der Waals surface area (Å²) in [4.78, 5) is 18.4. The summed E-state index contributed by atoms with van der Waals surface area (Å²) in [5.41, 5.74) is 2.01. The van der Waals surface area contributed by atoms with Crippen LogP contribution in [0, 0.1) is 5.82 Å². The van der Waals surface area contributed by atoms with Crippen LogP contribution in [-0.4, -0.2) is 31.6 Å². The maximum Gasteiger partial charge on any atom is 0.263 e. The van der Waals surface area contributed by atoms with Crippen molar-refractivity contribution in [3.05, 3.63) is 65.0 Å². The van der Waals surface area contributed by atoms with Crippen LogP contribution in [0.25, 0.3) is 0 Å². The van der Waals surface area contributed by atoms with Gasteiger partial charge in [0.05, 0.1) is 10.9 Å². The third-order valence-electron chi connectivity index (χ3n) is 4.89. The number of hydrogen-bond acceptors (Lipinski definition) is 4. The summed E-state index contributed by atoms with van der Waals surface area (Å²) in [5, 5.41) is 0. The van der Waals surface area contributed by atoms with E-state index in [1.807, 2.05) is 0 Å². The second kappa shape index (κ2) is 6.45. The van der Waals surface area contributed by atoms with E-state index in [2.05, 4.69) is 9.71 Å². The first kappa shape index (κ1) is 17.7. The fourth-order valence-electron chi connectivity index (χ4n) is 3.54. The van der Waals surface area contributed by atoms with Crippen LogP contribution >= 0.6 is 0 Å².